The Morgan fingerprint density at radius 3 is 2.76 bits per heavy atom. The van der Waals surface area contributed by atoms with Gasteiger partial charge in [-0.2, -0.15) is 0 Å². The highest BCUT2D eigenvalue weighted by Gasteiger charge is 2.28. The van der Waals surface area contributed by atoms with Gasteiger partial charge in [-0.1, -0.05) is 13.8 Å². The van der Waals surface area contributed by atoms with Crippen LogP contribution in [0.25, 0.3) is 11.0 Å². The summed E-state index contributed by atoms with van der Waals surface area (Å²) >= 11 is 6.15. The number of fused-ring (bicyclic) bond motifs is 1. The van der Waals surface area contributed by atoms with Gasteiger partial charge in [0.05, 0.1) is 24.0 Å². The van der Waals surface area contributed by atoms with Crippen LogP contribution in [0.3, 0.4) is 0 Å². The van der Waals surface area contributed by atoms with E-state index >= 15 is 0 Å². The average Bonchev–Trinajstić information content (AvgIpc) is 2.87. The lowest BCUT2D eigenvalue weighted by molar-refractivity contribution is 0.211. The summed E-state index contributed by atoms with van der Waals surface area (Å²) in [5.41, 5.74) is 2.16. The van der Waals surface area contributed by atoms with Crippen molar-refractivity contribution < 1.29 is 4.74 Å². The average molecular weight is 307 g/mol. The molecule has 1 fully saturated rings. The molecule has 3 unspecified atom stereocenters. The molecule has 21 heavy (non-hydrogen) atoms. The van der Waals surface area contributed by atoms with E-state index in [4.69, 9.17) is 21.3 Å². The van der Waals surface area contributed by atoms with E-state index in [1.807, 2.05) is 12.1 Å². The molecule has 0 radical (unpaired) electrons. The minimum Gasteiger partial charge on any atom is -0.497 e. The number of methoxy groups -OCH3 is 1. The molecular weight excluding hydrogens is 284 g/mol. The van der Waals surface area contributed by atoms with Crippen LogP contribution in [-0.2, 0) is 5.88 Å². The molecule has 114 valence electrons. The van der Waals surface area contributed by atoms with E-state index in [9.17, 15) is 0 Å². The lowest BCUT2D eigenvalue weighted by Gasteiger charge is -2.33. The monoisotopic (exact) mass is 306 g/mol. The second-order valence-corrected chi connectivity index (χ2v) is 6.58. The van der Waals surface area contributed by atoms with E-state index < -0.39 is 0 Å². The summed E-state index contributed by atoms with van der Waals surface area (Å²) in [5, 5.41) is 0. The van der Waals surface area contributed by atoms with Gasteiger partial charge in [0.1, 0.15) is 11.6 Å². The van der Waals surface area contributed by atoms with Crippen LogP contribution in [0.5, 0.6) is 5.75 Å². The van der Waals surface area contributed by atoms with Crippen molar-refractivity contribution in [1.82, 2.24) is 9.55 Å². The maximum absolute atomic E-state index is 6.15. The topological polar surface area (TPSA) is 27.1 Å². The van der Waals surface area contributed by atoms with Gasteiger partial charge in [0.15, 0.2) is 0 Å². The SMILES string of the molecule is COc1ccc2c(c1)nc(CCl)n2C1CCC(C)C(C)C1. The first kappa shape index (κ1) is 14.7. The number of halogens is 1. The molecule has 0 aliphatic heterocycles. The van der Waals surface area contributed by atoms with Crippen molar-refractivity contribution in [2.75, 3.05) is 7.11 Å². The van der Waals surface area contributed by atoms with E-state index in [1.54, 1.807) is 7.11 Å². The van der Waals surface area contributed by atoms with Crippen molar-refractivity contribution in [3.63, 3.8) is 0 Å². The standard InChI is InChI=1S/C17H23ClN2O/c1-11-4-5-13(8-12(11)2)20-16-7-6-14(21-3)9-15(16)19-17(20)10-18/h6-7,9,11-13H,4-5,8,10H2,1-3H3. The molecule has 1 saturated carbocycles. The Morgan fingerprint density at radius 2 is 2.10 bits per heavy atom. The molecule has 0 saturated heterocycles. The summed E-state index contributed by atoms with van der Waals surface area (Å²) in [4.78, 5) is 4.71. The van der Waals surface area contributed by atoms with E-state index in [1.165, 1.54) is 24.8 Å². The lowest BCUT2D eigenvalue weighted by Crippen LogP contribution is -2.24. The number of rotatable bonds is 3. The molecule has 0 N–H and O–H groups in total. The van der Waals surface area contributed by atoms with Crippen LogP contribution in [0.4, 0.5) is 0 Å². The van der Waals surface area contributed by atoms with Crippen molar-refractivity contribution in [1.29, 1.82) is 0 Å². The molecule has 0 bridgehead atoms. The van der Waals surface area contributed by atoms with Crippen molar-refractivity contribution in [3.8, 4) is 5.75 Å². The van der Waals surface area contributed by atoms with Crippen LogP contribution in [0.2, 0.25) is 0 Å². The summed E-state index contributed by atoms with van der Waals surface area (Å²) < 4.78 is 7.66. The van der Waals surface area contributed by atoms with Crippen LogP contribution >= 0.6 is 11.6 Å². The first-order chi connectivity index (χ1) is 10.1. The van der Waals surface area contributed by atoms with Crippen molar-refractivity contribution in [3.05, 3.63) is 24.0 Å². The second kappa shape index (κ2) is 5.88. The van der Waals surface area contributed by atoms with E-state index in [0.29, 0.717) is 11.9 Å². The number of ether oxygens (including phenoxy) is 1. The Kier molecular flexibility index (Phi) is 4.12. The third-order valence-electron chi connectivity index (χ3n) is 5.02. The van der Waals surface area contributed by atoms with Crippen LogP contribution in [0, 0.1) is 11.8 Å². The number of hydrogen-bond acceptors (Lipinski definition) is 2. The molecule has 3 rings (SSSR count). The molecular formula is C17H23ClN2O. The molecule has 3 nitrogen and oxygen atoms in total. The van der Waals surface area contributed by atoms with Crippen LogP contribution in [0.1, 0.15) is 45.0 Å². The van der Waals surface area contributed by atoms with Gasteiger partial charge in [-0.05, 0) is 43.2 Å². The fourth-order valence-electron chi connectivity index (χ4n) is 3.51. The highest BCUT2D eigenvalue weighted by molar-refractivity contribution is 6.16. The molecule has 1 aliphatic rings. The minimum absolute atomic E-state index is 0.456. The number of imidazole rings is 1. The molecule has 1 aliphatic carbocycles. The van der Waals surface area contributed by atoms with Gasteiger partial charge >= 0.3 is 0 Å². The van der Waals surface area contributed by atoms with Gasteiger partial charge in [0.25, 0.3) is 0 Å². The Morgan fingerprint density at radius 1 is 1.29 bits per heavy atom. The van der Waals surface area contributed by atoms with E-state index in [0.717, 1.165) is 28.9 Å². The quantitative estimate of drug-likeness (QED) is 0.763. The number of nitrogens with zero attached hydrogens (tertiary/aromatic N) is 2. The zero-order chi connectivity index (χ0) is 15.0. The van der Waals surface area contributed by atoms with Crippen LogP contribution in [0.15, 0.2) is 18.2 Å². The molecule has 2 aromatic rings. The van der Waals surface area contributed by atoms with Crippen molar-refractivity contribution in [2.45, 2.75) is 45.0 Å². The molecule has 0 amide bonds. The molecule has 0 spiro atoms. The molecule has 1 aromatic heterocycles. The smallest absolute Gasteiger partial charge is 0.125 e. The number of aromatic nitrogens is 2. The zero-order valence-electron chi connectivity index (χ0n) is 13.0. The van der Waals surface area contributed by atoms with E-state index in [-0.39, 0.29) is 0 Å². The highest BCUT2D eigenvalue weighted by Crippen LogP contribution is 2.39. The van der Waals surface area contributed by atoms with Gasteiger partial charge in [-0.25, -0.2) is 4.98 Å². The van der Waals surface area contributed by atoms with Gasteiger partial charge < -0.3 is 9.30 Å². The fraction of sp³-hybridized carbons (Fsp3) is 0.588. The van der Waals surface area contributed by atoms with Gasteiger partial charge in [0.2, 0.25) is 0 Å². The molecule has 1 aromatic carbocycles. The second-order valence-electron chi connectivity index (χ2n) is 6.31. The third kappa shape index (κ3) is 2.64. The Bertz CT molecular complexity index is 637. The maximum atomic E-state index is 6.15. The van der Waals surface area contributed by atoms with E-state index in [2.05, 4.69) is 24.5 Å². The van der Waals surface area contributed by atoms with Gasteiger partial charge in [-0.3, -0.25) is 0 Å². The summed E-state index contributed by atoms with van der Waals surface area (Å²) in [7, 11) is 1.69. The number of benzene rings is 1. The molecule has 1 heterocycles. The minimum atomic E-state index is 0.456. The van der Waals surface area contributed by atoms with Gasteiger partial charge in [-0.15, -0.1) is 11.6 Å². The largest absolute Gasteiger partial charge is 0.497 e. The first-order valence-electron chi connectivity index (χ1n) is 7.74. The Balaban J connectivity index is 2.04. The molecule has 4 heteroatoms. The summed E-state index contributed by atoms with van der Waals surface area (Å²) in [5.74, 6) is 3.85. The predicted octanol–water partition coefficient (Wildman–Crippen LogP) is 4.78. The fourth-order valence-corrected chi connectivity index (χ4v) is 3.70. The lowest BCUT2D eigenvalue weighted by atomic mass is 9.79. The number of hydrogen-bond donors (Lipinski definition) is 0. The Hall–Kier alpha value is -1.22. The van der Waals surface area contributed by atoms with Crippen molar-refractivity contribution in [2.24, 2.45) is 11.8 Å². The maximum Gasteiger partial charge on any atom is 0.125 e. The Labute approximate surface area is 131 Å². The first-order valence-corrected chi connectivity index (χ1v) is 8.28. The molecule has 3 atom stereocenters. The summed E-state index contributed by atoms with van der Waals surface area (Å²) in [6, 6.07) is 6.63. The van der Waals surface area contributed by atoms with Crippen molar-refractivity contribution >= 4 is 22.6 Å². The van der Waals surface area contributed by atoms with Crippen LogP contribution in [-0.4, -0.2) is 16.7 Å². The number of alkyl halides is 1. The third-order valence-corrected chi connectivity index (χ3v) is 5.26. The van der Waals surface area contributed by atoms with Gasteiger partial charge in [0, 0.05) is 12.1 Å². The summed E-state index contributed by atoms with van der Waals surface area (Å²) in [6.07, 6.45) is 3.71. The predicted molar refractivity (Wildman–Crippen MR) is 87.1 cm³/mol. The highest BCUT2D eigenvalue weighted by atomic mass is 35.5. The normalized spacial score (nSPS) is 26.2. The zero-order valence-corrected chi connectivity index (χ0v) is 13.7. The van der Waals surface area contributed by atoms with Crippen LogP contribution < -0.4 is 4.74 Å². The summed E-state index contributed by atoms with van der Waals surface area (Å²) in [6.45, 7) is 4.72.